The highest BCUT2D eigenvalue weighted by Crippen LogP contribution is 2.30. The molecule has 0 saturated carbocycles. The quantitative estimate of drug-likeness (QED) is 0.135. The van der Waals surface area contributed by atoms with Crippen LogP contribution in [-0.4, -0.2) is 81.0 Å². The minimum atomic E-state index is -1.84. The van der Waals surface area contributed by atoms with Crippen LogP contribution < -0.4 is 9.47 Å². The number of hydrogen-bond donors (Lipinski definition) is 6. The largest absolute Gasteiger partial charge is 0.494 e. The molecule has 40 heavy (non-hydrogen) atoms. The minimum Gasteiger partial charge on any atom is -0.494 e. The topological polar surface area (TPSA) is 140 Å². The Morgan fingerprint density at radius 2 is 1.23 bits per heavy atom. The average Bonchev–Trinajstić information content (AvgIpc) is 2.97. The molecule has 0 aliphatic heterocycles. The summed E-state index contributed by atoms with van der Waals surface area (Å²) in [6, 6.07) is 15.6. The van der Waals surface area contributed by atoms with E-state index in [0.717, 1.165) is 54.7 Å². The van der Waals surface area contributed by atoms with Crippen molar-refractivity contribution in [3.05, 3.63) is 59.7 Å². The van der Waals surface area contributed by atoms with E-state index in [0.29, 0.717) is 26.1 Å². The van der Waals surface area contributed by atoms with E-state index < -0.39 is 43.0 Å². The first-order chi connectivity index (χ1) is 19.2. The fraction of sp³-hybridized carbons (Fsp3) is 0.625. The van der Waals surface area contributed by atoms with E-state index in [1.807, 2.05) is 55.5 Å². The third kappa shape index (κ3) is 11.0. The second-order valence-electron chi connectivity index (χ2n) is 10.8. The van der Waals surface area contributed by atoms with E-state index in [1.165, 1.54) is 0 Å². The standard InChI is InChI=1S/C32H50O8/c1-4-6-16-39-25-12-8-10-23(18-25)15-14-22(3)27(29(35)31(37)32(38)30(36)28(34)21-33)20-24-11-9-13-26(19-24)40-17-7-5-2/h8-13,18-19,22,27-38H,4-7,14-17,20-21H2,1-3H3/t22?,27?,28-,29?,30+,31+,32-/m0/s1. The molecule has 2 rings (SSSR count). The Kier molecular flexibility index (Phi) is 15.5. The first-order valence-electron chi connectivity index (χ1n) is 14.7. The van der Waals surface area contributed by atoms with E-state index >= 15 is 0 Å². The lowest BCUT2D eigenvalue weighted by molar-refractivity contribution is -0.152. The summed E-state index contributed by atoms with van der Waals surface area (Å²) in [5.74, 6) is 0.975. The highest BCUT2D eigenvalue weighted by atomic mass is 16.5. The molecule has 0 bridgehead atoms. The van der Waals surface area contributed by atoms with Crippen molar-refractivity contribution in [1.29, 1.82) is 0 Å². The van der Waals surface area contributed by atoms with Gasteiger partial charge in [-0.15, -0.1) is 0 Å². The van der Waals surface area contributed by atoms with Crippen LogP contribution in [0.4, 0.5) is 0 Å². The number of ether oxygens (including phenoxy) is 2. The van der Waals surface area contributed by atoms with Gasteiger partial charge in [-0.05, 0) is 79.3 Å². The van der Waals surface area contributed by atoms with E-state index in [4.69, 9.17) is 14.6 Å². The molecule has 0 amide bonds. The number of aliphatic hydroxyl groups is 6. The van der Waals surface area contributed by atoms with Gasteiger partial charge in [0, 0.05) is 0 Å². The minimum absolute atomic E-state index is 0.0916. The highest BCUT2D eigenvalue weighted by molar-refractivity contribution is 5.30. The summed E-state index contributed by atoms with van der Waals surface area (Å²) >= 11 is 0. The summed E-state index contributed by atoms with van der Waals surface area (Å²) in [6.45, 7) is 6.71. The number of rotatable bonds is 20. The van der Waals surface area contributed by atoms with Gasteiger partial charge in [0.1, 0.15) is 35.9 Å². The van der Waals surface area contributed by atoms with Gasteiger partial charge < -0.3 is 40.1 Å². The maximum absolute atomic E-state index is 11.3. The molecule has 0 saturated heterocycles. The number of unbranched alkanes of at least 4 members (excludes halogenated alkanes) is 2. The predicted molar refractivity (Wildman–Crippen MR) is 155 cm³/mol. The zero-order valence-electron chi connectivity index (χ0n) is 24.2. The van der Waals surface area contributed by atoms with E-state index in [9.17, 15) is 25.5 Å². The summed E-state index contributed by atoms with van der Waals surface area (Å²) in [5, 5.41) is 61.6. The van der Waals surface area contributed by atoms with Crippen molar-refractivity contribution in [2.45, 2.75) is 96.2 Å². The first-order valence-corrected chi connectivity index (χ1v) is 14.7. The first kappa shape index (κ1) is 34.0. The number of benzene rings is 2. The van der Waals surface area contributed by atoms with Gasteiger partial charge in [0.25, 0.3) is 0 Å². The Hall–Kier alpha value is -2.20. The molecule has 7 atom stereocenters. The van der Waals surface area contributed by atoms with Gasteiger partial charge >= 0.3 is 0 Å². The second kappa shape index (κ2) is 18.3. The van der Waals surface area contributed by atoms with Gasteiger partial charge in [-0.2, -0.15) is 0 Å². The Bertz CT molecular complexity index is 954. The van der Waals surface area contributed by atoms with Gasteiger partial charge in [-0.3, -0.25) is 0 Å². The zero-order valence-corrected chi connectivity index (χ0v) is 24.2. The molecular formula is C32H50O8. The second-order valence-corrected chi connectivity index (χ2v) is 10.8. The van der Waals surface area contributed by atoms with Gasteiger partial charge in [0.15, 0.2) is 0 Å². The van der Waals surface area contributed by atoms with E-state index in [-0.39, 0.29) is 5.92 Å². The zero-order chi connectivity index (χ0) is 29.5. The van der Waals surface area contributed by atoms with Gasteiger partial charge in [-0.25, -0.2) is 0 Å². The molecule has 2 aromatic rings. The normalized spacial score (nSPS) is 16.9. The summed E-state index contributed by atoms with van der Waals surface area (Å²) in [6.07, 6.45) is -2.60. The molecule has 0 fully saturated rings. The predicted octanol–water partition coefficient (Wildman–Crippen LogP) is 3.27. The molecule has 8 nitrogen and oxygen atoms in total. The van der Waals surface area contributed by atoms with Crippen molar-refractivity contribution in [3.8, 4) is 11.5 Å². The third-order valence-corrected chi connectivity index (χ3v) is 7.49. The van der Waals surface area contributed by atoms with Crippen molar-refractivity contribution >= 4 is 0 Å². The fourth-order valence-electron chi connectivity index (χ4n) is 4.75. The summed E-state index contributed by atoms with van der Waals surface area (Å²) in [5.41, 5.74) is 2.01. The number of hydrogen-bond acceptors (Lipinski definition) is 8. The fourth-order valence-corrected chi connectivity index (χ4v) is 4.75. The lowest BCUT2D eigenvalue weighted by Gasteiger charge is -2.35. The van der Waals surface area contributed by atoms with Crippen molar-refractivity contribution in [1.82, 2.24) is 0 Å². The van der Waals surface area contributed by atoms with Crippen LogP contribution in [-0.2, 0) is 12.8 Å². The lowest BCUT2D eigenvalue weighted by Crippen LogP contribution is -2.52. The van der Waals surface area contributed by atoms with Gasteiger partial charge in [0.05, 0.1) is 25.9 Å². The molecule has 0 spiro atoms. The average molecular weight is 563 g/mol. The molecule has 226 valence electrons. The smallest absolute Gasteiger partial charge is 0.119 e. The maximum Gasteiger partial charge on any atom is 0.119 e. The van der Waals surface area contributed by atoms with Crippen LogP contribution in [0.15, 0.2) is 48.5 Å². The van der Waals surface area contributed by atoms with Crippen LogP contribution in [0, 0.1) is 11.8 Å². The van der Waals surface area contributed by atoms with Crippen LogP contribution >= 0.6 is 0 Å². The molecule has 0 radical (unpaired) electrons. The van der Waals surface area contributed by atoms with Crippen molar-refractivity contribution < 1.29 is 40.1 Å². The van der Waals surface area contributed by atoms with Gasteiger partial charge in [-0.1, -0.05) is 57.9 Å². The van der Waals surface area contributed by atoms with Crippen LogP contribution in [0.2, 0.25) is 0 Å². The van der Waals surface area contributed by atoms with Crippen molar-refractivity contribution in [2.75, 3.05) is 19.8 Å². The van der Waals surface area contributed by atoms with Crippen LogP contribution in [0.5, 0.6) is 11.5 Å². The Balaban J connectivity index is 2.20. The Morgan fingerprint density at radius 3 is 1.77 bits per heavy atom. The summed E-state index contributed by atoms with van der Waals surface area (Å²) in [4.78, 5) is 0. The van der Waals surface area contributed by atoms with E-state index in [2.05, 4.69) is 13.8 Å². The molecule has 3 unspecified atom stereocenters. The lowest BCUT2D eigenvalue weighted by atomic mass is 9.77. The Labute approximate surface area is 239 Å². The van der Waals surface area contributed by atoms with Crippen LogP contribution in [0.1, 0.15) is 64.0 Å². The monoisotopic (exact) mass is 562 g/mol. The molecule has 0 aliphatic carbocycles. The summed E-state index contributed by atoms with van der Waals surface area (Å²) < 4.78 is 11.7. The van der Waals surface area contributed by atoms with Crippen molar-refractivity contribution in [3.63, 3.8) is 0 Å². The SMILES string of the molecule is CCCCOc1cccc(CCC(C)C(Cc2cccc(OCCCC)c2)C(O)[C@@H](O)[C@@H](O)[C@H](O)[C@@H](O)CO)c1. The maximum atomic E-state index is 11.3. The van der Waals surface area contributed by atoms with Crippen molar-refractivity contribution in [2.24, 2.45) is 11.8 Å². The molecule has 0 aromatic heterocycles. The van der Waals surface area contributed by atoms with Crippen LogP contribution in [0.3, 0.4) is 0 Å². The molecule has 8 heteroatoms. The third-order valence-electron chi connectivity index (χ3n) is 7.49. The number of aryl methyl sites for hydroxylation is 1. The molecule has 2 aromatic carbocycles. The van der Waals surface area contributed by atoms with E-state index in [1.54, 1.807) is 0 Å². The highest BCUT2D eigenvalue weighted by Gasteiger charge is 2.39. The molecule has 6 N–H and O–H groups in total. The number of aliphatic hydroxyl groups excluding tert-OH is 6. The molecule has 0 aliphatic rings. The molecular weight excluding hydrogens is 512 g/mol. The van der Waals surface area contributed by atoms with Crippen LogP contribution in [0.25, 0.3) is 0 Å². The summed E-state index contributed by atoms with van der Waals surface area (Å²) in [7, 11) is 0. The van der Waals surface area contributed by atoms with Gasteiger partial charge in [0.2, 0.25) is 0 Å². The Morgan fingerprint density at radius 1 is 0.700 bits per heavy atom. The molecule has 0 heterocycles.